The minimum atomic E-state index is -5.98. The molecule has 49 heavy (non-hydrogen) atoms. The molecule has 1 aliphatic rings. The maximum atomic E-state index is 13.5. The second-order valence-electron chi connectivity index (χ2n) is 10.9. The molecule has 0 radical (unpaired) electrons. The van der Waals surface area contributed by atoms with Crippen molar-refractivity contribution in [3.05, 3.63) is 34.7 Å². The molecule has 0 amide bonds. The number of nitrogens with two attached hydrogens (primary N) is 1. The molecule has 3 unspecified atom stereocenters. The van der Waals surface area contributed by atoms with Crippen LogP contribution in [0.1, 0.15) is 74.8 Å². The van der Waals surface area contributed by atoms with Gasteiger partial charge < -0.3 is 44.5 Å². The van der Waals surface area contributed by atoms with Gasteiger partial charge in [-0.25, -0.2) is 17.8 Å². The number of phosphoric ester groups is 1. The first-order chi connectivity index (χ1) is 22.7. The Hall–Kier alpha value is -1.36. The predicted octanol–water partition coefficient (Wildman–Crippen LogP) is -1.68. The molecular weight excluding hydrogens is 708 g/mol. The third-order valence-corrected chi connectivity index (χ3v) is 11.5. The number of hydrogen-bond acceptors (Lipinski definition) is 12. The van der Waals surface area contributed by atoms with Crippen LogP contribution < -0.4 is 40.8 Å². The van der Waals surface area contributed by atoms with Gasteiger partial charge in [0.2, 0.25) is 0 Å². The number of aromatic nitrogens is 2. The lowest BCUT2D eigenvalue weighted by Gasteiger charge is -2.32. The first-order valence-electron chi connectivity index (χ1n) is 16.7. The Morgan fingerprint density at radius 1 is 0.816 bits per heavy atom. The predicted molar refractivity (Wildman–Crippen MR) is 180 cm³/mol. The molecule has 0 aromatic carbocycles. The summed E-state index contributed by atoms with van der Waals surface area (Å²) in [6.07, 6.45) is 3.73. The van der Waals surface area contributed by atoms with Crippen molar-refractivity contribution >= 4 is 29.3 Å². The summed E-state index contributed by atoms with van der Waals surface area (Å²) in [5.41, 5.74) is 4.33. The second kappa shape index (κ2) is 25.6. The maximum Gasteiger partial charge on any atom is 0.350 e. The third-order valence-electron chi connectivity index (χ3n) is 7.79. The van der Waals surface area contributed by atoms with Crippen molar-refractivity contribution in [3.63, 3.8) is 0 Å². The number of rotatable bonds is 17. The molecule has 0 aliphatic heterocycles. The zero-order valence-corrected chi connectivity index (χ0v) is 33.1. The van der Waals surface area contributed by atoms with Gasteiger partial charge in [-0.15, -0.1) is 0 Å². The van der Waals surface area contributed by atoms with E-state index in [1.807, 2.05) is 0 Å². The number of phosphoric acid groups is 3. The van der Waals surface area contributed by atoms with E-state index in [0.29, 0.717) is 0 Å². The average Bonchev–Trinajstić information content (AvgIpc) is 3.49. The fourth-order valence-corrected chi connectivity index (χ4v) is 7.44. The Bertz CT molecular complexity index is 1230. The van der Waals surface area contributed by atoms with Crippen molar-refractivity contribution in [1.29, 1.82) is 0 Å². The number of quaternary nitrogens is 3. The standard InChI is InChI=1S/C10H15FN3O11P3.3C6H15N/c11-8-4-14(10(15)13-9(8)12)7-2-1-6(3-7)5-23-27(19,20)25-28(21,22)24-26(16,17)18;3*1-4-7(5-2)6-3/h1-2,4,6-7H,3,5H2,(H,19,20)(H,21,22)(H2,12,13,15)(H2,16,17,18);3*4-6H2,1-3H3/t6-,7+;;;/m1.../s1. The van der Waals surface area contributed by atoms with Crippen LogP contribution in [-0.2, 0) is 26.8 Å². The lowest BCUT2D eigenvalue weighted by Crippen LogP contribution is -3.11. The zero-order chi connectivity index (χ0) is 38.4. The molecule has 2 rings (SSSR count). The normalized spacial score (nSPS) is 19.1. The van der Waals surface area contributed by atoms with E-state index in [-0.39, 0.29) is 6.42 Å². The molecular formula is C28H60FN6O11P3. The van der Waals surface area contributed by atoms with Gasteiger partial charge in [-0.1, -0.05) is 12.2 Å². The van der Waals surface area contributed by atoms with Crippen molar-refractivity contribution in [3.8, 4) is 0 Å². The number of anilines is 1. The Morgan fingerprint density at radius 3 is 1.57 bits per heavy atom. The number of nitrogens with one attached hydrogen (secondary N) is 3. The summed E-state index contributed by atoms with van der Waals surface area (Å²) < 4.78 is 58.2. The molecule has 1 heterocycles. The van der Waals surface area contributed by atoms with E-state index in [0.717, 1.165) is 10.8 Å². The molecule has 1 aliphatic carbocycles. The van der Waals surface area contributed by atoms with Gasteiger partial charge in [-0.3, -0.25) is 18.3 Å². The first-order valence-corrected chi connectivity index (χ1v) is 21.1. The average molecular weight is 769 g/mol. The number of halogens is 1. The van der Waals surface area contributed by atoms with Crippen LogP contribution in [0.25, 0.3) is 0 Å². The number of allylic oxidation sites excluding steroid dienone is 1. The van der Waals surface area contributed by atoms with Crippen LogP contribution >= 0.6 is 23.5 Å². The molecule has 1 aromatic rings. The molecule has 0 fully saturated rings. The Balaban J connectivity index is 0. The minimum Gasteiger partial charge on any atom is -0.756 e. The van der Waals surface area contributed by atoms with E-state index in [1.165, 1.54) is 71.1 Å². The molecule has 0 spiro atoms. The van der Waals surface area contributed by atoms with Crippen LogP contribution in [0.15, 0.2) is 23.1 Å². The van der Waals surface area contributed by atoms with Crippen LogP contribution in [0.3, 0.4) is 0 Å². The summed E-state index contributed by atoms with van der Waals surface area (Å²) in [4.78, 5) is 61.2. The van der Waals surface area contributed by atoms with Crippen molar-refractivity contribution in [1.82, 2.24) is 9.55 Å². The number of hydrogen-bond donors (Lipinski definition) is 5. The monoisotopic (exact) mass is 768 g/mol. The Labute approximate surface area is 290 Å². The molecule has 0 saturated carbocycles. The molecule has 6 N–H and O–H groups in total. The van der Waals surface area contributed by atoms with Gasteiger partial charge in [0.15, 0.2) is 11.6 Å². The minimum absolute atomic E-state index is 0.0584. The van der Waals surface area contributed by atoms with Crippen LogP contribution in [0.4, 0.5) is 10.2 Å². The third kappa shape index (κ3) is 22.9. The first kappa shape index (κ1) is 49.8. The van der Waals surface area contributed by atoms with Gasteiger partial charge in [0.05, 0.1) is 71.6 Å². The molecule has 21 heteroatoms. The fourth-order valence-electron chi connectivity index (χ4n) is 4.50. The zero-order valence-electron chi connectivity index (χ0n) is 30.4. The lowest BCUT2D eigenvalue weighted by atomic mass is 10.1. The van der Waals surface area contributed by atoms with E-state index in [9.17, 15) is 37.6 Å². The van der Waals surface area contributed by atoms with Crippen molar-refractivity contribution in [2.75, 3.05) is 71.2 Å². The molecule has 0 saturated heterocycles. The lowest BCUT2D eigenvalue weighted by molar-refractivity contribution is -0.894. The maximum absolute atomic E-state index is 13.5. The van der Waals surface area contributed by atoms with E-state index >= 15 is 0 Å². The molecule has 290 valence electrons. The van der Waals surface area contributed by atoms with Crippen LogP contribution in [-0.4, -0.2) is 80.0 Å². The summed E-state index contributed by atoms with van der Waals surface area (Å²) in [6, 6.07) is -0.703. The summed E-state index contributed by atoms with van der Waals surface area (Å²) >= 11 is 0. The summed E-state index contributed by atoms with van der Waals surface area (Å²) in [6.45, 7) is 30.8. The van der Waals surface area contributed by atoms with Crippen molar-refractivity contribution in [2.24, 2.45) is 5.92 Å². The highest BCUT2D eigenvalue weighted by atomic mass is 31.3. The van der Waals surface area contributed by atoms with Crippen LogP contribution in [0, 0.1) is 11.7 Å². The van der Waals surface area contributed by atoms with Crippen LogP contribution in [0.5, 0.6) is 0 Å². The largest absolute Gasteiger partial charge is 0.756 e. The number of nitrogen functional groups attached to an aromatic ring is 1. The highest BCUT2D eigenvalue weighted by molar-refractivity contribution is 7.65. The highest BCUT2D eigenvalue weighted by Crippen LogP contribution is 2.61. The highest BCUT2D eigenvalue weighted by Gasteiger charge is 2.27. The Morgan fingerprint density at radius 2 is 1.22 bits per heavy atom. The SMILES string of the molecule is CC[NH+](CC)CC.CC[NH+](CC)CC.CC[NH+](CC)CC.Nc1nc(=O)n([C@H]2C=C[C@@H](COP(=O)([O-])OP(=O)([O-])OP(=O)([O-])O)C2)cc1F. The quantitative estimate of drug-likeness (QED) is 0.0880. The summed E-state index contributed by atoms with van der Waals surface area (Å²) in [5, 5.41) is 0. The molecule has 0 bridgehead atoms. The molecule has 1 aromatic heterocycles. The van der Waals surface area contributed by atoms with Crippen LogP contribution in [0.2, 0.25) is 0 Å². The van der Waals surface area contributed by atoms with Gasteiger partial charge in [0.1, 0.15) is 0 Å². The van der Waals surface area contributed by atoms with Crippen molar-refractivity contribution in [2.45, 2.75) is 74.8 Å². The summed E-state index contributed by atoms with van der Waals surface area (Å²) in [5.74, 6) is -2.18. The smallest absolute Gasteiger partial charge is 0.350 e. The van der Waals surface area contributed by atoms with E-state index in [1.54, 1.807) is 14.7 Å². The van der Waals surface area contributed by atoms with Gasteiger partial charge in [-0.05, 0) is 68.7 Å². The van der Waals surface area contributed by atoms with Gasteiger partial charge in [-0.2, -0.15) is 4.98 Å². The summed E-state index contributed by atoms with van der Waals surface area (Å²) in [7, 11) is -17.4. The topological polar surface area (TPSA) is 243 Å². The molecule has 17 nitrogen and oxygen atoms in total. The van der Waals surface area contributed by atoms with E-state index < -0.39 is 59.4 Å². The van der Waals surface area contributed by atoms with E-state index in [4.69, 9.17) is 10.6 Å². The van der Waals surface area contributed by atoms with Gasteiger partial charge in [0, 0.05) is 12.1 Å². The number of nitrogens with zero attached hydrogens (tertiary/aromatic N) is 2. The van der Waals surface area contributed by atoms with Gasteiger partial charge in [0.25, 0.3) is 23.5 Å². The van der Waals surface area contributed by atoms with Gasteiger partial charge >= 0.3 is 5.69 Å². The Kier molecular flexibility index (Phi) is 26.0. The van der Waals surface area contributed by atoms with E-state index in [2.05, 4.69) is 80.4 Å². The second-order valence-corrected chi connectivity index (χ2v) is 15.2. The van der Waals surface area contributed by atoms with Crippen molar-refractivity contribution < 1.29 is 65.5 Å². The molecule has 5 atom stereocenters. The fraction of sp³-hybridized carbons (Fsp3) is 0.786.